The summed E-state index contributed by atoms with van der Waals surface area (Å²) in [5.74, 6) is -1.20. The van der Waals surface area contributed by atoms with Crippen molar-refractivity contribution in [2.24, 2.45) is 0 Å². The Balaban J connectivity index is 1.61. The Bertz CT molecular complexity index is 747. The van der Waals surface area contributed by atoms with Crippen molar-refractivity contribution in [3.63, 3.8) is 0 Å². The topological polar surface area (TPSA) is 84.5 Å². The van der Waals surface area contributed by atoms with Crippen LogP contribution in [-0.2, 0) is 25.7 Å². The van der Waals surface area contributed by atoms with Crippen LogP contribution in [0.5, 0.6) is 0 Å². The third-order valence-corrected chi connectivity index (χ3v) is 3.93. The molecule has 142 valence electrons. The molecule has 0 radical (unpaired) electrons. The molecule has 2 rings (SSSR count). The summed E-state index contributed by atoms with van der Waals surface area (Å²) >= 11 is 0. The standard InChI is InChI=1S/C21H24N2O4/c1-16(18-10-6-3-7-11-18)23-20(25)15-27-21(26)13-12-19(24)22-14-17-8-4-2-5-9-17/h2-11,16H,12-15H2,1H3,(H,22,24)(H,23,25)/t16-/m0/s1. The van der Waals surface area contributed by atoms with E-state index >= 15 is 0 Å². The summed E-state index contributed by atoms with van der Waals surface area (Å²) in [4.78, 5) is 35.3. The first-order valence-corrected chi connectivity index (χ1v) is 8.85. The van der Waals surface area contributed by atoms with Gasteiger partial charge in [0.05, 0.1) is 12.5 Å². The number of hydrogen-bond acceptors (Lipinski definition) is 4. The second-order valence-corrected chi connectivity index (χ2v) is 6.12. The van der Waals surface area contributed by atoms with E-state index in [4.69, 9.17) is 4.74 Å². The number of ether oxygens (including phenoxy) is 1. The van der Waals surface area contributed by atoms with E-state index in [0.29, 0.717) is 6.54 Å². The molecule has 0 aliphatic carbocycles. The van der Waals surface area contributed by atoms with Crippen molar-refractivity contribution in [1.29, 1.82) is 0 Å². The molecule has 2 aromatic carbocycles. The van der Waals surface area contributed by atoms with Gasteiger partial charge >= 0.3 is 5.97 Å². The van der Waals surface area contributed by atoms with Gasteiger partial charge in [0.15, 0.2) is 6.61 Å². The van der Waals surface area contributed by atoms with E-state index in [1.807, 2.05) is 67.6 Å². The predicted octanol–water partition coefficient (Wildman–Crippen LogP) is 2.50. The maximum Gasteiger partial charge on any atom is 0.306 e. The van der Waals surface area contributed by atoms with Crippen molar-refractivity contribution in [2.75, 3.05) is 6.61 Å². The van der Waals surface area contributed by atoms with Crippen LogP contribution in [0.2, 0.25) is 0 Å². The number of carbonyl (C=O) groups excluding carboxylic acids is 3. The molecule has 0 saturated carbocycles. The van der Waals surface area contributed by atoms with Gasteiger partial charge in [-0.05, 0) is 18.1 Å². The predicted molar refractivity (Wildman–Crippen MR) is 101 cm³/mol. The lowest BCUT2D eigenvalue weighted by Gasteiger charge is -2.14. The summed E-state index contributed by atoms with van der Waals surface area (Å²) in [6, 6.07) is 18.8. The second-order valence-electron chi connectivity index (χ2n) is 6.12. The summed E-state index contributed by atoms with van der Waals surface area (Å²) in [7, 11) is 0. The van der Waals surface area contributed by atoms with Crippen LogP contribution in [0, 0.1) is 0 Å². The van der Waals surface area contributed by atoms with Crippen LogP contribution < -0.4 is 10.6 Å². The minimum Gasteiger partial charge on any atom is -0.456 e. The summed E-state index contributed by atoms with van der Waals surface area (Å²) in [6.45, 7) is 1.91. The van der Waals surface area contributed by atoms with Gasteiger partial charge in [-0.3, -0.25) is 14.4 Å². The Morgan fingerprint density at radius 3 is 2.19 bits per heavy atom. The first-order chi connectivity index (χ1) is 13.0. The molecule has 0 unspecified atom stereocenters. The van der Waals surface area contributed by atoms with E-state index in [0.717, 1.165) is 11.1 Å². The summed E-state index contributed by atoms with van der Waals surface area (Å²) in [5.41, 5.74) is 1.95. The SMILES string of the molecule is C[C@H](NC(=O)COC(=O)CCC(=O)NCc1ccccc1)c1ccccc1. The number of hydrogen-bond donors (Lipinski definition) is 2. The zero-order valence-electron chi connectivity index (χ0n) is 15.3. The van der Waals surface area contributed by atoms with Crippen LogP contribution in [-0.4, -0.2) is 24.4 Å². The van der Waals surface area contributed by atoms with Crippen molar-refractivity contribution in [3.05, 3.63) is 71.8 Å². The molecule has 2 aromatic rings. The van der Waals surface area contributed by atoms with E-state index in [2.05, 4.69) is 10.6 Å². The van der Waals surface area contributed by atoms with Gasteiger partial charge in [0.25, 0.3) is 5.91 Å². The molecule has 0 heterocycles. The van der Waals surface area contributed by atoms with E-state index in [-0.39, 0.29) is 37.3 Å². The molecular weight excluding hydrogens is 344 g/mol. The first-order valence-electron chi connectivity index (χ1n) is 8.85. The molecule has 2 N–H and O–H groups in total. The maximum absolute atomic E-state index is 11.9. The minimum atomic E-state index is -0.577. The zero-order chi connectivity index (χ0) is 19.5. The zero-order valence-corrected chi connectivity index (χ0v) is 15.3. The van der Waals surface area contributed by atoms with Crippen LogP contribution in [0.3, 0.4) is 0 Å². The number of benzene rings is 2. The van der Waals surface area contributed by atoms with Gasteiger partial charge < -0.3 is 15.4 Å². The second kappa shape index (κ2) is 10.8. The molecular formula is C21H24N2O4. The van der Waals surface area contributed by atoms with E-state index in [1.54, 1.807) is 0 Å². The summed E-state index contributed by atoms with van der Waals surface area (Å²) in [5, 5.41) is 5.50. The Hall–Kier alpha value is -3.15. The number of esters is 1. The molecule has 0 aliphatic heterocycles. The molecule has 6 heteroatoms. The molecule has 1 atom stereocenters. The largest absolute Gasteiger partial charge is 0.456 e. The molecule has 0 fully saturated rings. The number of carbonyl (C=O) groups is 3. The number of nitrogens with one attached hydrogen (secondary N) is 2. The van der Waals surface area contributed by atoms with Crippen molar-refractivity contribution < 1.29 is 19.1 Å². The van der Waals surface area contributed by atoms with Crippen LogP contribution in [0.4, 0.5) is 0 Å². The molecule has 27 heavy (non-hydrogen) atoms. The van der Waals surface area contributed by atoms with Crippen molar-refractivity contribution in [2.45, 2.75) is 32.4 Å². The van der Waals surface area contributed by atoms with Crippen molar-refractivity contribution in [1.82, 2.24) is 10.6 Å². The minimum absolute atomic E-state index is 0.0215. The average Bonchev–Trinajstić information content (AvgIpc) is 2.70. The molecule has 0 aromatic heterocycles. The maximum atomic E-state index is 11.9. The van der Waals surface area contributed by atoms with Crippen molar-refractivity contribution in [3.8, 4) is 0 Å². The number of amides is 2. The highest BCUT2D eigenvalue weighted by Gasteiger charge is 2.13. The van der Waals surface area contributed by atoms with Gasteiger partial charge in [0.1, 0.15) is 0 Å². The molecule has 6 nitrogen and oxygen atoms in total. The molecule has 0 saturated heterocycles. The Morgan fingerprint density at radius 2 is 1.52 bits per heavy atom. The quantitative estimate of drug-likeness (QED) is 0.666. The Labute approximate surface area is 158 Å². The highest BCUT2D eigenvalue weighted by Crippen LogP contribution is 2.10. The average molecular weight is 368 g/mol. The fraction of sp³-hybridized carbons (Fsp3) is 0.286. The van der Waals surface area contributed by atoms with Gasteiger partial charge in [-0.25, -0.2) is 0 Å². The Morgan fingerprint density at radius 1 is 0.889 bits per heavy atom. The third kappa shape index (κ3) is 7.73. The van der Waals surface area contributed by atoms with Crippen LogP contribution in [0.1, 0.15) is 36.9 Å². The molecule has 0 bridgehead atoms. The fourth-order valence-electron chi connectivity index (χ4n) is 2.43. The smallest absolute Gasteiger partial charge is 0.306 e. The van der Waals surface area contributed by atoms with Gasteiger partial charge in [-0.1, -0.05) is 60.7 Å². The summed E-state index contributed by atoms with van der Waals surface area (Å²) in [6.07, 6.45) is -0.0458. The van der Waals surface area contributed by atoms with Crippen LogP contribution in [0.25, 0.3) is 0 Å². The monoisotopic (exact) mass is 368 g/mol. The molecule has 0 aliphatic rings. The first kappa shape index (κ1) is 20.2. The third-order valence-electron chi connectivity index (χ3n) is 3.93. The van der Waals surface area contributed by atoms with Gasteiger partial charge in [0.2, 0.25) is 5.91 Å². The van der Waals surface area contributed by atoms with E-state index in [1.165, 1.54) is 0 Å². The lowest BCUT2D eigenvalue weighted by Crippen LogP contribution is -2.31. The normalized spacial score (nSPS) is 11.3. The van der Waals surface area contributed by atoms with Crippen LogP contribution in [0.15, 0.2) is 60.7 Å². The molecule has 0 spiro atoms. The lowest BCUT2D eigenvalue weighted by molar-refractivity contribution is -0.149. The van der Waals surface area contributed by atoms with E-state index in [9.17, 15) is 14.4 Å². The highest BCUT2D eigenvalue weighted by molar-refractivity contribution is 5.83. The van der Waals surface area contributed by atoms with Crippen molar-refractivity contribution >= 4 is 17.8 Å². The van der Waals surface area contributed by atoms with Gasteiger partial charge in [0, 0.05) is 13.0 Å². The fourth-order valence-corrected chi connectivity index (χ4v) is 2.43. The molecule has 2 amide bonds. The van der Waals surface area contributed by atoms with Gasteiger partial charge in [-0.2, -0.15) is 0 Å². The lowest BCUT2D eigenvalue weighted by atomic mass is 10.1. The summed E-state index contributed by atoms with van der Waals surface area (Å²) < 4.78 is 4.92. The Kier molecular flexibility index (Phi) is 8.03. The van der Waals surface area contributed by atoms with Gasteiger partial charge in [-0.15, -0.1) is 0 Å². The number of rotatable bonds is 9. The highest BCUT2D eigenvalue weighted by atomic mass is 16.5. The van der Waals surface area contributed by atoms with Crippen LogP contribution >= 0.6 is 0 Å². The van der Waals surface area contributed by atoms with E-state index < -0.39 is 5.97 Å².